The molecule has 0 atom stereocenters. The summed E-state index contributed by atoms with van der Waals surface area (Å²) < 4.78 is 1.77. The number of pyridine rings is 1. The lowest BCUT2D eigenvalue weighted by atomic mass is 10.2. The van der Waals surface area contributed by atoms with E-state index in [9.17, 15) is 4.79 Å². The first-order chi connectivity index (χ1) is 11.6. The maximum absolute atomic E-state index is 12.0. The van der Waals surface area contributed by atoms with Crippen LogP contribution in [0.3, 0.4) is 0 Å². The van der Waals surface area contributed by atoms with Crippen LogP contribution >= 0.6 is 0 Å². The molecule has 0 saturated carbocycles. The average Bonchev–Trinajstić information content (AvgIpc) is 3.09. The predicted molar refractivity (Wildman–Crippen MR) is 95.2 cm³/mol. The number of carbonyl (C=O) groups excluding carboxylic acids is 1. The van der Waals surface area contributed by atoms with Crippen LogP contribution in [0.15, 0.2) is 48.7 Å². The highest BCUT2D eigenvalue weighted by atomic mass is 16.1. The molecular weight excluding hydrogens is 302 g/mol. The Morgan fingerprint density at radius 3 is 2.75 bits per heavy atom. The van der Waals surface area contributed by atoms with Gasteiger partial charge in [0, 0.05) is 30.7 Å². The van der Waals surface area contributed by atoms with Gasteiger partial charge in [-0.3, -0.25) is 9.48 Å². The molecular formula is C18H21N5O. The number of fused-ring (bicyclic) bond motifs is 1. The minimum atomic E-state index is -0.164. The number of para-hydroxylation sites is 1. The lowest BCUT2D eigenvalue weighted by molar-refractivity contribution is 0.0949. The summed E-state index contributed by atoms with van der Waals surface area (Å²) in [6, 6.07) is 13.9. The van der Waals surface area contributed by atoms with Crippen LogP contribution in [0.25, 0.3) is 10.9 Å². The minimum absolute atomic E-state index is 0.164. The van der Waals surface area contributed by atoms with Crippen molar-refractivity contribution in [1.29, 1.82) is 0 Å². The first-order valence-electron chi connectivity index (χ1n) is 8.06. The summed E-state index contributed by atoms with van der Waals surface area (Å²) in [5, 5.41) is 11.4. The number of amides is 1. The molecule has 1 aromatic carbocycles. The maximum Gasteiger partial charge on any atom is 0.271 e. The van der Waals surface area contributed by atoms with Gasteiger partial charge in [-0.05, 0) is 38.1 Å². The molecule has 124 valence electrons. The number of anilines is 1. The number of aromatic nitrogens is 3. The number of nitrogens with one attached hydrogen (secondary N) is 2. The largest absolute Gasteiger partial charge is 0.368 e. The fourth-order valence-corrected chi connectivity index (χ4v) is 2.37. The van der Waals surface area contributed by atoms with Crippen molar-refractivity contribution in [3.05, 3.63) is 54.4 Å². The fraction of sp³-hybridized carbons (Fsp3) is 0.278. The standard InChI is InChI=1S/C18H21N5O/c1-13(2)23-12-9-16(22-23)18(24)20-11-10-19-17-8-7-14-5-3-4-6-15(14)21-17/h3-9,12-13H,10-11H2,1-2H3,(H,19,21)(H,20,24). The van der Waals surface area contributed by atoms with E-state index >= 15 is 0 Å². The summed E-state index contributed by atoms with van der Waals surface area (Å²) >= 11 is 0. The molecule has 0 fully saturated rings. The van der Waals surface area contributed by atoms with Gasteiger partial charge in [-0.25, -0.2) is 4.98 Å². The first kappa shape index (κ1) is 16.0. The van der Waals surface area contributed by atoms with Crippen molar-refractivity contribution < 1.29 is 4.79 Å². The zero-order chi connectivity index (χ0) is 16.9. The Balaban J connectivity index is 1.49. The second-order valence-electron chi connectivity index (χ2n) is 5.85. The van der Waals surface area contributed by atoms with Gasteiger partial charge in [0.25, 0.3) is 5.91 Å². The third-order valence-corrected chi connectivity index (χ3v) is 3.69. The Morgan fingerprint density at radius 1 is 1.12 bits per heavy atom. The van der Waals surface area contributed by atoms with Gasteiger partial charge in [0.1, 0.15) is 11.5 Å². The van der Waals surface area contributed by atoms with Crippen molar-refractivity contribution in [2.24, 2.45) is 0 Å². The molecule has 0 unspecified atom stereocenters. The Morgan fingerprint density at radius 2 is 1.96 bits per heavy atom. The maximum atomic E-state index is 12.0. The highest BCUT2D eigenvalue weighted by Crippen LogP contribution is 2.14. The van der Waals surface area contributed by atoms with E-state index in [1.165, 1.54) is 0 Å². The van der Waals surface area contributed by atoms with E-state index in [0.29, 0.717) is 18.8 Å². The van der Waals surface area contributed by atoms with Crippen LogP contribution in [0.2, 0.25) is 0 Å². The summed E-state index contributed by atoms with van der Waals surface area (Å²) in [6.07, 6.45) is 1.82. The Kier molecular flexibility index (Phi) is 4.74. The van der Waals surface area contributed by atoms with Gasteiger partial charge in [0.05, 0.1) is 5.52 Å². The minimum Gasteiger partial charge on any atom is -0.368 e. The predicted octanol–water partition coefficient (Wildman–Crippen LogP) is 2.85. The van der Waals surface area contributed by atoms with Gasteiger partial charge < -0.3 is 10.6 Å². The number of benzene rings is 1. The summed E-state index contributed by atoms with van der Waals surface area (Å²) in [5.74, 6) is 0.634. The number of nitrogens with zero attached hydrogens (tertiary/aromatic N) is 3. The molecule has 6 nitrogen and oxygen atoms in total. The SMILES string of the molecule is CC(C)n1ccc(C(=O)NCCNc2ccc3ccccc3n2)n1. The zero-order valence-corrected chi connectivity index (χ0v) is 13.9. The smallest absolute Gasteiger partial charge is 0.271 e. The number of carbonyl (C=O) groups is 1. The molecule has 2 heterocycles. The van der Waals surface area contributed by atoms with Crippen LogP contribution in [0.4, 0.5) is 5.82 Å². The average molecular weight is 323 g/mol. The van der Waals surface area contributed by atoms with Crippen molar-refractivity contribution in [3.63, 3.8) is 0 Å². The zero-order valence-electron chi connectivity index (χ0n) is 13.9. The van der Waals surface area contributed by atoms with E-state index < -0.39 is 0 Å². The molecule has 3 aromatic rings. The molecule has 2 aromatic heterocycles. The third-order valence-electron chi connectivity index (χ3n) is 3.69. The van der Waals surface area contributed by atoms with Gasteiger partial charge in [0.15, 0.2) is 0 Å². The number of hydrogen-bond donors (Lipinski definition) is 2. The second-order valence-corrected chi connectivity index (χ2v) is 5.85. The Bertz CT molecular complexity index is 840. The lowest BCUT2D eigenvalue weighted by Gasteiger charge is -2.08. The molecule has 6 heteroatoms. The normalized spacial score (nSPS) is 11.0. The monoisotopic (exact) mass is 323 g/mol. The van der Waals surface area contributed by atoms with Crippen molar-refractivity contribution >= 4 is 22.6 Å². The fourth-order valence-electron chi connectivity index (χ4n) is 2.37. The lowest BCUT2D eigenvalue weighted by Crippen LogP contribution is -2.29. The van der Waals surface area contributed by atoms with Crippen molar-refractivity contribution in [2.75, 3.05) is 18.4 Å². The third kappa shape index (κ3) is 3.71. The molecule has 2 N–H and O–H groups in total. The molecule has 0 aliphatic rings. The number of rotatable bonds is 6. The molecule has 0 saturated heterocycles. The van der Waals surface area contributed by atoms with Crippen LogP contribution in [0.1, 0.15) is 30.4 Å². The Labute approximate surface area is 140 Å². The van der Waals surface area contributed by atoms with Crippen LogP contribution < -0.4 is 10.6 Å². The highest BCUT2D eigenvalue weighted by Gasteiger charge is 2.09. The molecule has 0 bridgehead atoms. The van der Waals surface area contributed by atoms with E-state index in [1.54, 1.807) is 10.7 Å². The van der Waals surface area contributed by atoms with Gasteiger partial charge in [-0.1, -0.05) is 18.2 Å². The molecule has 0 spiro atoms. The van der Waals surface area contributed by atoms with E-state index in [-0.39, 0.29) is 11.9 Å². The van der Waals surface area contributed by atoms with E-state index in [1.807, 2.05) is 56.4 Å². The van der Waals surface area contributed by atoms with Crippen LogP contribution in [0, 0.1) is 0 Å². The molecule has 1 amide bonds. The summed E-state index contributed by atoms with van der Waals surface area (Å²) in [4.78, 5) is 16.6. The van der Waals surface area contributed by atoms with Crippen molar-refractivity contribution in [1.82, 2.24) is 20.1 Å². The quantitative estimate of drug-likeness (QED) is 0.684. The van der Waals surface area contributed by atoms with Crippen molar-refractivity contribution in [3.8, 4) is 0 Å². The van der Waals surface area contributed by atoms with E-state index in [0.717, 1.165) is 16.7 Å². The summed E-state index contributed by atoms with van der Waals surface area (Å²) in [5.41, 5.74) is 1.39. The Hall–Kier alpha value is -2.89. The first-order valence-corrected chi connectivity index (χ1v) is 8.06. The van der Waals surface area contributed by atoms with E-state index in [2.05, 4.69) is 20.7 Å². The van der Waals surface area contributed by atoms with Crippen LogP contribution in [0.5, 0.6) is 0 Å². The van der Waals surface area contributed by atoms with Gasteiger partial charge in [0.2, 0.25) is 0 Å². The summed E-state index contributed by atoms with van der Waals surface area (Å²) in [6.45, 7) is 5.15. The van der Waals surface area contributed by atoms with Gasteiger partial charge >= 0.3 is 0 Å². The topological polar surface area (TPSA) is 71.8 Å². The van der Waals surface area contributed by atoms with Gasteiger partial charge in [-0.15, -0.1) is 0 Å². The molecule has 0 aliphatic carbocycles. The molecule has 24 heavy (non-hydrogen) atoms. The van der Waals surface area contributed by atoms with Crippen LogP contribution in [-0.4, -0.2) is 33.8 Å². The molecule has 0 aliphatic heterocycles. The van der Waals surface area contributed by atoms with E-state index in [4.69, 9.17) is 0 Å². The molecule has 3 rings (SSSR count). The number of hydrogen-bond acceptors (Lipinski definition) is 4. The molecule has 0 radical (unpaired) electrons. The van der Waals surface area contributed by atoms with Crippen molar-refractivity contribution in [2.45, 2.75) is 19.9 Å². The van der Waals surface area contributed by atoms with Gasteiger partial charge in [-0.2, -0.15) is 5.10 Å². The van der Waals surface area contributed by atoms with Crippen LogP contribution in [-0.2, 0) is 0 Å². The highest BCUT2D eigenvalue weighted by molar-refractivity contribution is 5.92. The summed E-state index contributed by atoms with van der Waals surface area (Å²) in [7, 11) is 0. The second kappa shape index (κ2) is 7.12.